The number of nitrogens with zero attached hydrogens (tertiary/aromatic N) is 1. The molecule has 0 saturated heterocycles. The predicted molar refractivity (Wildman–Crippen MR) is 113 cm³/mol. The number of methoxy groups -OCH3 is 1. The number of carboxylic acid groups (broad SMARTS) is 1. The third kappa shape index (κ3) is 5.15. The van der Waals surface area contributed by atoms with Crippen LogP contribution in [0, 0.1) is 6.92 Å². The fraction of sp³-hybridized carbons (Fsp3) is 0.300. The number of carbonyl (C=O) groups excluding carboxylic acids is 2. The van der Waals surface area contributed by atoms with Gasteiger partial charge in [0.05, 0.1) is 19.2 Å². The lowest BCUT2D eigenvalue weighted by molar-refractivity contribution is -0.138. The highest BCUT2D eigenvalue weighted by Crippen LogP contribution is 2.25. The predicted octanol–water partition coefficient (Wildman–Crippen LogP) is 2.72. The zero-order valence-corrected chi connectivity index (χ0v) is 17.4. The molecule has 0 aliphatic heterocycles. The fourth-order valence-electron chi connectivity index (χ4n) is 2.95. The molecular formula is C20H22N4O5S. The fourth-order valence-corrected chi connectivity index (χ4v) is 3.84. The minimum Gasteiger partial charge on any atom is -0.497 e. The van der Waals surface area contributed by atoms with Gasteiger partial charge >= 0.3 is 5.97 Å². The molecule has 4 N–H and O–H groups in total. The summed E-state index contributed by atoms with van der Waals surface area (Å²) in [5.74, 6) is -0.999. The molecule has 9 nitrogen and oxygen atoms in total. The number of aliphatic carboxylic acids is 1. The lowest BCUT2D eigenvalue weighted by Crippen LogP contribution is -2.25. The second-order valence-corrected chi connectivity index (χ2v) is 7.61. The molecule has 0 aliphatic rings. The number of ether oxygens (including phenoxy) is 1. The first kappa shape index (κ1) is 21.3. The Labute approximate surface area is 176 Å². The number of fused-ring (bicyclic) bond motifs is 1. The molecule has 0 saturated carbocycles. The number of anilines is 1. The van der Waals surface area contributed by atoms with E-state index >= 15 is 0 Å². The largest absolute Gasteiger partial charge is 0.497 e. The summed E-state index contributed by atoms with van der Waals surface area (Å²) in [6.07, 6.45) is 2.14. The van der Waals surface area contributed by atoms with E-state index in [1.807, 2.05) is 24.4 Å². The Morgan fingerprint density at radius 1 is 1.27 bits per heavy atom. The maximum atomic E-state index is 12.5. The van der Waals surface area contributed by atoms with Crippen LogP contribution >= 0.6 is 11.3 Å². The molecule has 0 radical (unpaired) electrons. The third-order valence-electron chi connectivity index (χ3n) is 4.47. The number of nitrogens with one attached hydrogen (secondary N) is 3. The van der Waals surface area contributed by atoms with Gasteiger partial charge < -0.3 is 25.5 Å². The van der Waals surface area contributed by atoms with Crippen LogP contribution in [0.5, 0.6) is 5.75 Å². The molecular weight excluding hydrogens is 408 g/mol. The van der Waals surface area contributed by atoms with Crippen molar-refractivity contribution in [1.82, 2.24) is 15.3 Å². The number of amides is 2. The van der Waals surface area contributed by atoms with Crippen molar-refractivity contribution < 1.29 is 24.2 Å². The van der Waals surface area contributed by atoms with Gasteiger partial charge in [0.1, 0.15) is 10.6 Å². The molecule has 10 heteroatoms. The summed E-state index contributed by atoms with van der Waals surface area (Å²) in [5, 5.41) is 15.4. The number of thiazole rings is 1. The molecule has 0 fully saturated rings. The van der Waals surface area contributed by atoms with Crippen molar-refractivity contribution in [2.45, 2.75) is 26.2 Å². The van der Waals surface area contributed by atoms with Crippen LogP contribution in [0.2, 0.25) is 0 Å². The summed E-state index contributed by atoms with van der Waals surface area (Å²) in [5.41, 5.74) is 2.57. The summed E-state index contributed by atoms with van der Waals surface area (Å²) >= 11 is 1.06. The summed E-state index contributed by atoms with van der Waals surface area (Å²) in [4.78, 5) is 42.6. The van der Waals surface area contributed by atoms with Gasteiger partial charge in [-0.05, 0) is 37.1 Å². The molecule has 158 valence electrons. The van der Waals surface area contributed by atoms with E-state index in [0.717, 1.165) is 33.6 Å². The number of hydrogen-bond acceptors (Lipinski definition) is 6. The number of H-pyrrole nitrogens is 1. The molecule has 1 aromatic carbocycles. The number of aromatic nitrogens is 2. The highest BCUT2D eigenvalue weighted by atomic mass is 32.1. The van der Waals surface area contributed by atoms with Crippen molar-refractivity contribution in [2.24, 2.45) is 0 Å². The Hall–Kier alpha value is -3.40. The normalized spacial score (nSPS) is 10.7. The summed E-state index contributed by atoms with van der Waals surface area (Å²) in [7, 11) is 1.62. The van der Waals surface area contributed by atoms with Crippen molar-refractivity contribution in [3.63, 3.8) is 0 Å². The minimum absolute atomic E-state index is 0.148. The van der Waals surface area contributed by atoms with Crippen molar-refractivity contribution in [3.8, 4) is 5.75 Å². The van der Waals surface area contributed by atoms with E-state index in [4.69, 9.17) is 9.84 Å². The Balaban J connectivity index is 1.57. The molecule has 3 aromatic rings. The zero-order chi connectivity index (χ0) is 21.7. The van der Waals surface area contributed by atoms with E-state index in [9.17, 15) is 14.4 Å². The van der Waals surface area contributed by atoms with Gasteiger partial charge in [0.25, 0.3) is 5.91 Å². The summed E-state index contributed by atoms with van der Waals surface area (Å²) in [6, 6.07) is 5.79. The van der Waals surface area contributed by atoms with E-state index in [0.29, 0.717) is 23.5 Å². The monoisotopic (exact) mass is 430 g/mol. The van der Waals surface area contributed by atoms with Crippen molar-refractivity contribution in [2.75, 3.05) is 19.0 Å². The SMILES string of the molecule is COc1ccc2[nH]cc(CCNC(=O)c3sc(NC(=O)CCC(=O)O)nc3C)c2c1. The van der Waals surface area contributed by atoms with E-state index in [1.54, 1.807) is 14.0 Å². The topological polar surface area (TPSA) is 133 Å². The highest BCUT2D eigenvalue weighted by Gasteiger charge is 2.17. The Bertz CT molecular complexity index is 1090. The van der Waals surface area contributed by atoms with Crippen LogP contribution in [-0.2, 0) is 16.0 Å². The molecule has 2 aromatic heterocycles. The average Bonchev–Trinajstić information content (AvgIpc) is 3.29. The minimum atomic E-state index is -1.05. The first-order chi connectivity index (χ1) is 14.4. The standard InChI is InChI=1S/C20H22N4O5S/c1-11-18(30-20(23-11)24-16(25)5-6-17(26)27)19(28)21-8-7-12-10-22-15-4-3-13(29-2)9-14(12)15/h3-4,9-10,22H,5-8H2,1-2H3,(H,21,28)(H,26,27)(H,23,24,25). The first-order valence-corrected chi connectivity index (χ1v) is 10.1. The Kier molecular flexibility index (Phi) is 6.68. The van der Waals surface area contributed by atoms with Gasteiger partial charge in [-0.1, -0.05) is 11.3 Å². The summed E-state index contributed by atoms with van der Waals surface area (Å²) in [6.45, 7) is 2.12. The van der Waals surface area contributed by atoms with E-state index < -0.39 is 11.9 Å². The number of aryl methyl sites for hydroxylation is 1. The number of benzene rings is 1. The quantitative estimate of drug-likeness (QED) is 0.412. The van der Waals surface area contributed by atoms with E-state index in [-0.39, 0.29) is 23.9 Å². The molecule has 2 amide bonds. The van der Waals surface area contributed by atoms with E-state index in [2.05, 4.69) is 20.6 Å². The van der Waals surface area contributed by atoms with Crippen molar-refractivity contribution in [3.05, 3.63) is 40.5 Å². The average molecular weight is 430 g/mol. The lowest BCUT2D eigenvalue weighted by Gasteiger charge is -2.04. The van der Waals surface area contributed by atoms with Gasteiger partial charge in [0.2, 0.25) is 5.91 Å². The number of aromatic amines is 1. The molecule has 3 rings (SSSR count). The number of rotatable bonds is 9. The van der Waals surface area contributed by atoms with Crippen LogP contribution in [0.15, 0.2) is 24.4 Å². The van der Waals surface area contributed by atoms with Crippen LogP contribution in [0.25, 0.3) is 10.9 Å². The number of carbonyl (C=O) groups is 3. The Morgan fingerprint density at radius 3 is 2.80 bits per heavy atom. The van der Waals surface area contributed by atoms with Crippen LogP contribution in [0.4, 0.5) is 5.13 Å². The maximum absolute atomic E-state index is 12.5. The van der Waals surface area contributed by atoms with Crippen LogP contribution in [0.1, 0.15) is 33.8 Å². The second kappa shape index (κ2) is 9.40. The van der Waals surface area contributed by atoms with Gasteiger partial charge in [-0.15, -0.1) is 0 Å². The number of carboxylic acids is 1. The maximum Gasteiger partial charge on any atom is 0.303 e. The molecule has 0 atom stereocenters. The summed E-state index contributed by atoms with van der Waals surface area (Å²) < 4.78 is 5.27. The molecule has 30 heavy (non-hydrogen) atoms. The molecule has 0 bridgehead atoms. The Morgan fingerprint density at radius 2 is 2.07 bits per heavy atom. The molecule has 0 unspecified atom stereocenters. The van der Waals surface area contributed by atoms with Gasteiger partial charge in [-0.3, -0.25) is 14.4 Å². The number of hydrogen-bond donors (Lipinski definition) is 4. The second-order valence-electron chi connectivity index (χ2n) is 6.61. The van der Waals surface area contributed by atoms with Gasteiger partial charge in [-0.2, -0.15) is 0 Å². The van der Waals surface area contributed by atoms with Crippen molar-refractivity contribution >= 4 is 45.2 Å². The highest BCUT2D eigenvalue weighted by molar-refractivity contribution is 7.17. The van der Waals surface area contributed by atoms with Gasteiger partial charge in [0.15, 0.2) is 5.13 Å². The molecule has 0 spiro atoms. The van der Waals surface area contributed by atoms with Crippen LogP contribution in [-0.4, -0.2) is 46.5 Å². The smallest absolute Gasteiger partial charge is 0.303 e. The lowest BCUT2D eigenvalue weighted by atomic mass is 10.1. The molecule has 2 heterocycles. The zero-order valence-electron chi connectivity index (χ0n) is 16.6. The van der Waals surface area contributed by atoms with E-state index in [1.165, 1.54) is 0 Å². The third-order valence-corrected chi connectivity index (χ3v) is 5.54. The van der Waals surface area contributed by atoms with Crippen molar-refractivity contribution in [1.29, 1.82) is 0 Å². The first-order valence-electron chi connectivity index (χ1n) is 9.28. The van der Waals surface area contributed by atoms with Crippen LogP contribution < -0.4 is 15.4 Å². The van der Waals surface area contributed by atoms with Gasteiger partial charge in [-0.25, -0.2) is 4.98 Å². The molecule has 0 aliphatic carbocycles. The van der Waals surface area contributed by atoms with Gasteiger partial charge in [0, 0.05) is 30.1 Å². The van der Waals surface area contributed by atoms with Crippen LogP contribution in [0.3, 0.4) is 0 Å².